The summed E-state index contributed by atoms with van der Waals surface area (Å²) in [6.45, 7) is 0.524. The minimum absolute atomic E-state index is 0.243. The van der Waals surface area contributed by atoms with E-state index in [9.17, 15) is 18.0 Å². The molecule has 0 unspecified atom stereocenters. The van der Waals surface area contributed by atoms with Crippen molar-refractivity contribution in [3.63, 3.8) is 0 Å². The van der Waals surface area contributed by atoms with Gasteiger partial charge < -0.3 is 10.1 Å². The van der Waals surface area contributed by atoms with Crippen LogP contribution in [0.3, 0.4) is 0 Å². The number of ether oxygens (including phenoxy) is 1. The molecule has 9 heteroatoms. The van der Waals surface area contributed by atoms with Gasteiger partial charge in [0.25, 0.3) is 0 Å². The number of anilines is 2. The fourth-order valence-electron chi connectivity index (χ4n) is 2.94. The van der Waals surface area contributed by atoms with Gasteiger partial charge in [0.2, 0.25) is 0 Å². The van der Waals surface area contributed by atoms with Crippen LogP contribution in [0.2, 0.25) is 0 Å². The van der Waals surface area contributed by atoms with Gasteiger partial charge in [0.05, 0.1) is 29.7 Å². The summed E-state index contributed by atoms with van der Waals surface area (Å²) in [5.41, 5.74) is 0.344. The molecule has 148 valence electrons. The van der Waals surface area contributed by atoms with Crippen molar-refractivity contribution in [2.75, 3.05) is 23.4 Å². The Morgan fingerprint density at radius 1 is 1.14 bits per heavy atom. The highest BCUT2D eigenvalue weighted by atomic mass is 19.4. The summed E-state index contributed by atoms with van der Waals surface area (Å²) in [7, 11) is 0. The van der Waals surface area contributed by atoms with Gasteiger partial charge in [0.15, 0.2) is 11.6 Å². The lowest BCUT2D eigenvalue weighted by atomic mass is 10.1. The highest BCUT2D eigenvalue weighted by Crippen LogP contribution is 2.35. The predicted octanol–water partition coefficient (Wildman–Crippen LogP) is 4.59. The molecule has 0 spiro atoms. The molecule has 1 aliphatic rings. The molecule has 2 aromatic heterocycles. The molecule has 3 heterocycles. The van der Waals surface area contributed by atoms with Crippen LogP contribution in [0.5, 0.6) is 5.75 Å². The number of alkyl halides is 3. The summed E-state index contributed by atoms with van der Waals surface area (Å²) in [6, 6.07) is 11.0. The Balaban J connectivity index is 1.66. The van der Waals surface area contributed by atoms with Crippen LogP contribution in [0, 0.1) is 0 Å². The fraction of sp³-hybridized carbons (Fsp3) is 0.150. The van der Waals surface area contributed by atoms with Crippen LogP contribution in [0.15, 0.2) is 60.9 Å². The number of hydrogen-bond acceptors (Lipinski definition) is 4. The fourth-order valence-corrected chi connectivity index (χ4v) is 2.94. The van der Waals surface area contributed by atoms with E-state index in [1.54, 1.807) is 30.5 Å². The lowest BCUT2D eigenvalue weighted by molar-refractivity contribution is -0.137. The number of urea groups is 1. The summed E-state index contributed by atoms with van der Waals surface area (Å²) in [4.78, 5) is 22.4. The van der Waals surface area contributed by atoms with Gasteiger partial charge in [-0.05, 0) is 36.4 Å². The third-order valence-electron chi connectivity index (χ3n) is 4.31. The molecule has 4 rings (SSSR count). The van der Waals surface area contributed by atoms with E-state index in [1.807, 2.05) is 0 Å². The number of amides is 2. The van der Waals surface area contributed by atoms with Crippen LogP contribution in [0.4, 0.5) is 29.5 Å². The summed E-state index contributed by atoms with van der Waals surface area (Å²) < 4.78 is 44.6. The lowest BCUT2D eigenvalue weighted by Gasteiger charge is -2.28. The molecule has 6 nitrogen and oxygen atoms in total. The Morgan fingerprint density at radius 2 is 2.00 bits per heavy atom. The van der Waals surface area contributed by atoms with E-state index in [-0.39, 0.29) is 19.0 Å². The van der Waals surface area contributed by atoms with Crippen LogP contribution in [0.1, 0.15) is 5.56 Å². The normalized spacial score (nSPS) is 13.4. The first kappa shape index (κ1) is 18.7. The molecule has 0 bridgehead atoms. The molecule has 2 amide bonds. The van der Waals surface area contributed by atoms with Crippen molar-refractivity contribution >= 4 is 17.5 Å². The quantitative estimate of drug-likeness (QED) is 0.683. The second kappa shape index (κ2) is 7.42. The standard InChI is InChI=1S/C20H15F3N4O2/c21-20(22,23)14-4-1-3-13(11-14)16-6-7-17-18(26-16)27(9-10-29-17)19(28)25-15-5-2-8-24-12-15/h1-8,11-12H,9-10H2,(H,25,28). The number of hydrogen-bond donors (Lipinski definition) is 1. The molecule has 1 aliphatic heterocycles. The third-order valence-corrected chi connectivity index (χ3v) is 4.31. The summed E-state index contributed by atoms with van der Waals surface area (Å²) in [5, 5.41) is 2.72. The first-order chi connectivity index (χ1) is 13.9. The summed E-state index contributed by atoms with van der Waals surface area (Å²) >= 11 is 0. The molecule has 29 heavy (non-hydrogen) atoms. The lowest BCUT2D eigenvalue weighted by Crippen LogP contribution is -2.41. The minimum atomic E-state index is -4.46. The monoisotopic (exact) mass is 400 g/mol. The van der Waals surface area contributed by atoms with Gasteiger partial charge in [-0.25, -0.2) is 9.78 Å². The van der Waals surface area contributed by atoms with Gasteiger partial charge in [0, 0.05) is 11.8 Å². The average Bonchev–Trinajstić information content (AvgIpc) is 2.73. The Kier molecular flexibility index (Phi) is 4.79. The first-order valence-electron chi connectivity index (χ1n) is 8.72. The second-order valence-electron chi connectivity index (χ2n) is 6.27. The highest BCUT2D eigenvalue weighted by molar-refractivity contribution is 6.02. The topological polar surface area (TPSA) is 67.4 Å². The Labute approximate surface area is 164 Å². The zero-order chi connectivity index (χ0) is 20.4. The zero-order valence-corrected chi connectivity index (χ0v) is 15.0. The molecule has 0 aliphatic carbocycles. The van der Waals surface area contributed by atoms with Crippen molar-refractivity contribution in [3.8, 4) is 17.0 Å². The van der Waals surface area contributed by atoms with E-state index in [0.717, 1.165) is 12.1 Å². The maximum atomic E-state index is 13.0. The van der Waals surface area contributed by atoms with Crippen LogP contribution < -0.4 is 15.0 Å². The molecular weight excluding hydrogens is 385 g/mol. The molecule has 0 atom stereocenters. The van der Waals surface area contributed by atoms with E-state index in [1.165, 1.54) is 23.2 Å². The van der Waals surface area contributed by atoms with Gasteiger partial charge >= 0.3 is 12.2 Å². The maximum absolute atomic E-state index is 13.0. The minimum Gasteiger partial charge on any atom is -0.488 e. The van der Waals surface area contributed by atoms with Crippen LogP contribution in [0.25, 0.3) is 11.3 Å². The predicted molar refractivity (Wildman–Crippen MR) is 101 cm³/mol. The van der Waals surface area contributed by atoms with Crippen molar-refractivity contribution in [1.82, 2.24) is 9.97 Å². The first-order valence-corrected chi connectivity index (χ1v) is 8.72. The van der Waals surface area contributed by atoms with Gasteiger partial charge in [-0.2, -0.15) is 13.2 Å². The van der Waals surface area contributed by atoms with Crippen LogP contribution >= 0.6 is 0 Å². The van der Waals surface area contributed by atoms with Crippen molar-refractivity contribution in [1.29, 1.82) is 0 Å². The molecule has 0 fully saturated rings. The number of pyridine rings is 2. The Bertz CT molecular complexity index is 1040. The largest absolute Gasteiger partial charge is 0.488 e. The van der Waals surface area contributed by atoms with Gasteiger partial charge in [-0.1, -0.05) is 12.1 Å². The number of fused-ring (bicyclic) bond motifs is 1. The van der Waals surface area contributed by atoms with Crippen LogP contribution in [-0.2, 0) is 6.18 Å². The highest BCUT2D eigenvalue weighted by Gasteiger charge is 2.31. The number of carbonyl (C=O) groups is 1. The van der Waals surface area contributed by atoms with Crippen molar-refractivity contribution in [2.24, 2.45) is 0 Å². The van der Waals surface area contributed by atoms with Gasteiger partial charge in [-0.15, -0.1) is 0 Å². The van der Waals surface area contributed by atoms with E-state index in [4.69, 9.17) is 4.74 Å². The molecule has 1 N–H and O–H groups in total. The molecule has 0 saturated heterocycles. The van der Waals surface area contributed by atoms with E-state index >= 15 is 0 Å². The smallest absolute Gasteiger partial charge is 0.416 e. The van der Waals surface area contributed by atoms with Crippen molar-refractivity contribution in [3.05, 3.63) is 66.5 Å². The molecular formula is C20H15F3N4O2. The van der Waals surface area contributed by atoms with Crippen molar-refractivity contribution in [2.45, 2.75) is 6.18 Å². The molecule has 1 aromatic carbocycles. The Morgan fingerprint density at radius 3 is 2.76 bits per heavy atom. The van der Waals surface area contributed by atoms with Crippen LogP contribution in [-0.4, -0.2) is 29.2 Å². The average molecular weight is 400 g/mol. The summed E-state index contributed by atoms with van der Waals surface area (Å²) in [6.07, 6.45) is -1.36. The number of aromatic nitrogens is 2. The van der Waals surface area contributed by atoms with Gasteiger partial charge in [0.1, 0.15) is 6.61 Å². The number of rotatable bonds is 2. The molecule has 3 aromatic rings. The Hall–Kier alpha value is -3.62. The van der Waals surface area contributed by atoms with Crippen molar-refractivity contribution < 1.29 is 22.7 Å². The van der Waals surface area contributed by atoms with E-state index < -0.39 is 17.8 Å². The number of nitrogens with zero attached hydrogens (tertiary/aromatic N) is 3. The number of carbonyl (C=O) groups excluding carboxylic acids is 1. The molecule has 0 radical (unpaired) electrons. The number of nitrogens with one attached hydrogen (secondary N) is 1. The SMILES string of the molecule is O=C(Nc1cccnc1)N1CCOc2ccc(-c3cccc(C(F)(F)F)c3)nc21. The summed E-state index contributed by atoms with van der Waals surface area (Å²) in [5.74, 6) is 0.626. The van der Waals surface area contributed by atoms with E-state index in [0.29, 0.717) is 22.7 Å². The zero-order valence-electron chi connectivity index (χ0n) is 15.0. The van der Waals surface area contributed by atoms with Gasteiger partial charge in [-0.3, -0.25) is 9.88 Å². The second-order valence-corrected chi connectivity index (χ2v) is 6.27. The third kappa shape index (κ3) is 3.98. The van der Waals surface area contributed by atoms with E-state index in [2.05, 4.69) is 15.3 Å². The number of benzene rings is 1. The number of halogens is 3. The maximum Gasteiger partial charge on any atom is 0.416 e. The molecule has 0 saturated carbocycles.